The molecule has 5 heteroatoms. The third-order valence-electron chi connectivity index (χ3n) is 2.58. The molecule has 82 valence electrons. The van der Waals surface area contributed by atoms with Crippen LogP contribution >= 0.6 is 0 Å². The second-order valence-corrected chi connectivity index (χ2v) is 3.62. The van der Waals surface area contributed by atoms with Gasteiger partial charge in [0.25, 0.3) is 0 Å². The van der Waals surface area contributed by atoms with Crippen molar-refractivity contribution in [1.82, 2.24) is 9.78 Å². The summed E-state index contributed by atoms with van der Waals surface area (Å²) >= 11 is 0. The van der Waals surface area contributed by atoms with Crippen LogP contribution in [-0.4, -0.2) is 28.5 Å². The summed E-state index contributed by atoms with van der Waals surface area (Å²) in [6.07, 6.45) is -0.271. The van der Waals surface area contributed by atoms with Gasteiger partial charge in [-0.15, -0.1) is 0 Å². The van der Waals surface area contributed by atoms with Crippen LogP contribution in [-0.2, 0) is 24.6 Å². The zero-order valence-electron chi connectivity index (χ0n) is 8.79. The van der Waals surface area contributed by atoms with Gasteiger partial charge in [0.15, 0.2) is 5.69 Å². The lowest BCUT2D eigenvalue weighted by Gasteiger charge is -2.00. The molecule has 0 saturated heterocycles. The minimum Gasteiger partial charge on any atom is -0.461 e. The van der Waals surface area contributed by atoms with Crippen LogP contribution in [0.15, 0.2) is 0 Å². The number of hydrogen-bond acceptors (Lipinski definition) is 3. The molecule has 1 heterocycles. The van der Waals surface area contributed by atoms with E-state index in [-0.39, 0.29) is 12.1 Å². The van der Waals surface area contributed by atoms with Gasteiger partial charge in [-0.25, -0.2) is 9.18 Å². The average Bonchev–Trinajstić information content (AvgIpc) is 2.67. The summed E-state index contributed by atoms with van der Waals surface area (Å²) in [4.78, 5) is 11.5. The molecular formula is C10H13FN2O2. The van der Waals surface area contributed by atoms with Gasteiger partial charge < -0.3 is 4.74 Å². The molecular weight excluding hydrogens is 199 g/mol. The van der Waals surface area contributed by atoms with E-state index in [0.717, 1.165) is 5.69 Å². The van der Waals surface area contributed by atoms with Crippen LogP contribution in [0.3, 0.4) is 0 Å². The highest BCUT2D eigenvalue weighted by atomic mass is 19.1. The SMILES string of the molecule is CCOC(=O)c1nn(C)c2c1CC(F)C2. The molecule has 1 aromatic rings. The molecule has 2 rings (SSSR count). The fourth-order valence-corrected chi connectivity index (χ4v) is 1.94. The predicted molar refractivity (Wildman–Crippen MR) is 51.5 cm³/mol. The third-order valence-corrected chi connectivity index (χ3v) is 2.58. The van der Waals surface area contributed by atoms with Crippen molar-refractivity contribution in [1.29, 1.82) is 0 Å². The lowest BCUT2D eigenvalue weighted by atomic mass is 10.2. The quantitative estimate of drug-likeness (QED) is 0.688. The first-order chi connectivity index (χ1) is 7.13. The summed E-state index contributed by atoms with van der Waals surface area (Å²) in [5.41, 5.74) is 1.79. The first-order valence-corrected chi connectivity index (χ1v) is 4.99. The Morgan fingerprint density at radius 2 is 2.40 bits per heavy atom. The molecule has 0 radical (unpaired) electrons. The van der Waals surface area contributed by atoms with Gasteiger partial charge in [-0.2, -0.15) is 5.10 Å². The highest BCUT2D eigenvalue weighted by Gasteiger charge is 2.31. The van der Waals surface area contributed by atoms with Crippen LogP contribution in [0.2, 0.25) is 0 Å². The van der Waals surface area contributed by atoms with Crippen LogP contribution in [0, 0.1) is 0 Å². The summed E-state index contributed by atoms with van der Waals surface area (Å²) < 4.78 is 19.6. The number of halogens is 1. The first kappa shape index (κ1) is 10.1. The summed E-state index contributed by atoms with van der Waals surface area (Å²) in [6.45, 7) is 2.04. The van der Waals surface area contributed by atoms with Crippen LogP contribution in [0.5, 0.6) is 0 Å². The molecule has 1 aliphatic carbocycles. The van der Waals surface area contributed by atoms with Crippen LogP contribution in [0.4, 0.5) is 4.39 Å². The van der Waals surface area contributed by atoms with Gasteiger partial charge in [-0.3, -0.25) is 4.68 Å². The van der Waals surface area contributed by atoms with E-state index in [2.05, 4.69) is 5.10 Å². The molecule has 15 heavy (non-hydrogen) atoms. The maximum Gasteiger partial charge on any atom is 0.359 e. The molecule has 1 unspecified atom stereocenters. The molecule has 0 aromatic carbocycles. The number of ether oxygens (including phenoxy) is 1. The van der Waals surface area contributed by atoms with Crippen molar-refractivity contribution in [3.63, 3.8) is 0 Å². The number of carbonyl (C=O) groups is 1. The van der Waals surface area contributed by atoms with Crippen molar-refractivity contribution in [2.75, 3.05) is 6.61 Å². The Labute approximate surface area is 87.0 Å². The number of rotatable bonds is 2. The molecule has 0 aliphatic heterocycles. The summed E-state index contributed by atoms with van der Waals surface area (Å²) in [7, 11) is 1.72. The summed E-state index contributed by atoms with van der Waals surface area (Å²) in [5, 5.41) is 4.06. The van der Waals surface area contributed by atoms with Gasteiger partial charge in [0.2, 0.25) is 0 Å². The Morgan fingerprint density at radius 1 is 1.67 bits per heavy atom. The number of hydrogen-bond donors (Lipinski definition) is 0. The van der Waals surface area contributed by atoms with Crippen molar-refractivity contribution in [2.45, 2.75) is 25.9 Å². The molecule has 0 N–H and O–H groups in total. The van der Waals surface area contributed by atoms with Gasteiger partial charge in [-0.05, 0) is 6.92 Å². The number of aromatic nitrogens is 2. The molecule has 0 bridgehead atoms. The lowest BCUT2D eigenvalue weighted by molar-refractivity contribution is 0.0517. The highest BCUT2D eigenvalue weighted by molar-refractivity contribution is 5.89. The number of carbonyl (C=O) groups excluding carboxylic acids is 1. The molecule has 4 nitrogen and oxygen atoms in total. The number of alkyl halides is 1. The Morgan fingerprint density at radius 3 is 3.07 bits per heavy atom. The molecule has 0 saturated carbocycles. The standard InChI is InChI=1S/C10H13FN2O2/c1-3-15-10(14)9-7-4-6(11)5-8(7)13(2)12-9/h6H,3-5H2,1-2H3. The van der Waals surface area contributed by atoms with Crippen molar-refractivity contribution in [2.24, 2.45) is 7.05 Å². The summed E-state index contributed by atoms with van der Waals surface area (Å²) in [6, 6.07) is 0. The zero-order chi connectivity index (χ0) is 11.0. The normalized spacial score (nSPS) is 19.0. The third kappa shape index (κ3) is 1.62. The van der Waals surface area contributed by atoms with Crippen molar-refractivity contribution in [3.05, 3.63) is 17.0 Å². The van der Waals surface area contributed by atoms with Gasteiger partial charge in [0.1, 0.15) is 6.17 Å². The highest BCUT2D eigenvalue weighted by Crippen LogP contribution is 2.27. The monoisotopic (exact) mass is 212 g/mol. The van der Waals surface area contributed by atoms with Crippen LogP contribution in [0.25, 0.3) is 0 Å². The number of nitrogens with zero attached hydrogens (tertiary/aromatic N) is 2. The average molecular weight is 212 g/mol. The Hall–Kier alpha value is -1.39. The first-order valence-electron chi connectivity index (χ1n) is 4.99. The molecule has 1 atom stereocenters. The lowest BCUT2D eigenvalue weighted by Crippen LogP contribution is -2.10. The van der Waals surface area contributed by atoms with Gasteiger partial charge >= 0.3 is 5.97 Å². The molecule has 0 fully saturated rings. The van der Waals surface area contributed by atoms with E-state index in [4.69, 9.17) is 4.74 Å². The van der Waals surface area contributed by atoms with Gasteiger partial charge in [0, 0.05) is 31.1 Å². The fourth-order valence-electron chi connectivity index (χ4n) is 1.94. The van der Waals surface area contributed by atoms with E-state index in [0.29, 0.717) is 18.6 Å². The summed E-state index contributed by atoms with van der Waals surface area (Å²) in [5.74, 6) is -0.455. The van der Waals surface area contributed by atoms with Crippen molar-refractivity contribution >= 4 is 5.97 Å². The molecule has 1 aliphatic rings. The van der Waals surface area contributed by atoms with Crippen LogP contribution in [0.1, 0.15) is 28.7 Å². The maximum absolute atomic E-state index is 13.2. The zero-order valence-corrected chi connectivity index (χ0v) is 8.79. The molecule has 1 aromatic heterocycles. The number of fused-ring (bicyclic) bond motifs is 1. The topological polar surface area (TPSA) is 44.1 Å². The van der Waals surface area contributed by atoms with E-state index in [9.17, 15) is 9.18 Å². The van der Waals surface area contributed by atoms with Gasteiger partial charge in [0.05, 0.1) is 6.61 Å². The van der Waals surface area contributed by atoms with E-state index in [1.807, 2.05) is 0 Å². The fraction of sp³-hybridized carbons (Fsp3) is 0.600. The number of aryl methyl sites for hydroxylation is 1. The minimum absolute atomic E-state index is 0.273. The Balaban J connectivity index is 2.34. The van der Waals surface area contributed by atoms with E-state index in [1.165, 1.54) is 0 Å². The maximum atomic E-state index is 13.2. The van der Waals surface area contributed by atoms with E-state index < -0.39 is 12.1 Å². The van der Waals surface area contributed by atoms with Crippen LogP contribution < -0.4 is 0 Å². The Kier molecular flexibility index (Phi) is 2.46. The van der Waals surface area contributed by atoms with Gasteiger partial charge in [-0.1, -0.05) is 0 Å². The largest absolute Gasteiger partial charge is 0.461 e. The smallest absolute Gasteiger partial charge is 0.359 e. The van der Waals surface area contributed by atoms with Crippen molar-refractivity contribution < 1.29 is 13.9 Å². The van der Waals surface area contributed by atoms with Crippen molar-refractivity contribution in [3.8, 4) is 0 Å². The molecule has 0 amide bonds. The molecule has 0 spiro atoms. The Bertz CT molecular complexity index is 400. The second-order valence-electron chi connectivity index (χ2n) is 3.62. The predicted octanol–water partition coefficient (Wildman–Crippen LogP) is 1.03. The van der Waals surface area contributed by atoms with E-state index >= 15 is 0 Å². The van der Waals surface area contributed by atoms with E-state index in [1.54, 1.807) is 18.7 Å². The second kappa shape index (κ2) is 3.64. The minimum atomic E-state index is -0.891. The number of esters is 1.